The van der Waals surface area contributed by atoms with Gasteiger partial charge in [0.05, 0.1) is 20.0 Å². The van der Waals surface area contributed by atoms with Crippen LogP contribution in [0.15, 0.2) is 11.8 Å². The van der Waals surface area contributed by atoms with Crippen LogP contribution in [0.4, 0.5) is 0 Å². The number of carbonyl (C=O) groups excluding carboxylic acids is 1. The van der Waals surface area contributed by atoms with Gasteiger partial charge in [0.2, 0.25) is 0 Å². The molecule has 0 amide bonds. The van der Waals surface area contributed by atoms with Gasteiger partial charge in [0.1, 0.15) is 0 Å². The van der Waals surface area contributed by atoms with Gasteiger partial charge in [-0.1, -0.05) is 0 Å². The van der Waals surface area contributed by atoms with Gasteiger partial charge in [-0.15, -0.1) is 0 Å². The lowest BCUT2D eigenvalue weighted by Crippen LogP contribution is -2.25. The Balaban J connectivity index is 2.30. The molecule has 1 aliphatic rings. The Hall–Kier alpha value is -1.03. The standard InChI is InChI=1S/C10H17NO3/c1-13-10(12)5-4-9(11)8-3-2-6-14-7-8/h7,9H,2-6,11H2,1H3. The van der Waals surface area contributed by atoms with Gasteiger partial charge >= 0.3 is 5.97 Å². The van der Waals surface area contributed by atoms with E-state index in [0.29, 0.717) is 12.8 Å². The number of hydrogen-bond acceptors (Lipinski definition) is 4. The average Bonchev–Trinajstić information content (AvgIpc) is 2.26. The molecule has 1 atom stereocenters. The van der Waals surface area contributed by atoms with E-state index in [0.717, 1.165) is 25.0 Å². The number of methoxy groups -OCH3 is 1. The molecule has 0 saturated carbocycles. The number of nitrogens with two attached hydrogens (primary N) is 1. The second kappa shape index (κ2) is 5.65. The molecule has 0 bridgehead atoms. The smallest absolute Gasteiger partial charge is 0.305 e. The highest BCUT2D eigenvalue weighted by Gasteiger charge is 2.14. The van der Waals surface area contributed by atoms with Crippen LogP contribution in [0.2, 0.25) is 0 Å². The Morgan fingerprint density at radius 3 is 3.14 bits per heavy atom. The Kier molecular flexibility index (Phi) is 4.46. The van der Waals surface area contributed by atoms with Crippen molar-refractivity contribution < 1.29 is 14.3 Å². The minimum atomic E-state index is -0.210. The molecule has 4 heteroatoms. The van der Waals surface area contributed by atoms with E-state index in [9.17, 15) is 4.79 Å². The molecule has 4 nitrogen and oxygen atoms in total. The highest BCUT2D eigenvalue weighted by atomic mass is 16.5. The molecule has 1 aliphatic heterocycles. The van der Waals surface area contributed by atoms with Crippen LogP contribution in [-0.4, -0.2) is 25.7 Å². The van der Waals surface area contributed by atoms with Gasteiger partial charge in [-0.05, 0) is 24.8 Å². The van der Waals surface area contributed by atoms with Crippen molar-refractivity contribution in [1.29, 1.82) is 0 Å². The molecule has 80 valence electrons. The van der Waals surface area contributed by atoms with E-state index in [2.05, 4.69) is 4.74 Å². The van der Waals surface area contributed by atoms with Crippen LogP contribution in [0, 0.1) is 0 Å². The van der Waals surface area contributed by atoms with Gasteiger partial charge in [0, 0.05) is 12.5 Å². The summed E-state index contributed by atoms with van der Waals surface area (Å²) in [5.74, 6) is -0.210. The summed E-state index contributed by atoms with van der Waals surface area (Å²) in [5, 5.41) is 0. The predicted octanol–water partition coefficient (Wildman–Crippen LogP) is 0.961. The van der Waals surface area contributed by atoms with Gasteiger partial charge in [0.15, 0.2) is 0 Å². The zero-order chi connectivity index (χ0) is 10.4. The maximum atomic E-state index is 10.9. The fourth-order valence-electron chi connectivity index (χ4n) is 1.42. The van der Waals surface area contributed by atoms with Gasteiger partial charge in [-0.25, -0.2) is 0 Å². The zero-order valence-corrected chi connectivity index (χ0v) is 8.49. The molecule has 2 N–H and O–H groups in total. The number of esters is 1. The molecule has 14 heavy (non-hydrogen) atoms. The molecular formula is C10H17NO3. The van der Waals surface area contributed by atoms with Crippen molar-refractivity contribution in [2.24, 2.45) is 5.73 Å². The second-order valence-electron chi connectivity index (χ2n) is 3.39. The van der Waals surface area contributed by atoms with Crippen LogP contribution >= 0.6 is 0 Å². The van der Waals surface area contributed by atoms with E-state index in [-0.39, 0.29) is 12.0 Å². The highest BCUT2D eigenvalue weighted by Crippen LogP contribution is 2.17. The van der Waals surface area contributed by atoms with Crippen molar-refractivity contribution in [3.8, 4) is 0 Å². The van der Waals surface area contributed by atoms with E-state index in [1.165, 1.54) is 7.11 Å². The molecule has 0 fully saturated rings. The Labute approximate surface area is 84.1 Å². The number of carbonyl (C=O) groups is 1. The van der Waals surface area contributed by atoms with E-state index in [1.54, 1.807) is 6.26 Å². The third kappa shape index (κ3) is 3.38. The lowest BCUT2D eigenvalue weighted by molar-refractivity contribution is -0.140. The largest absolute Gasteiger partial charge is 0.501 e. The van der Waals surface area contributed by atoms with Gasteiger partial charge in [0.25, 0.3) is 0 Å². The molecule has 0 radical (unpaired) electrons. The van der Waals surface area contributed by atoms with Crippen molar-refractivity contribution >= 4 is 5.97 Å². The first kappa shape index (κ1) is 11.0. The highest BCUT2D eigenvalue weighted by molar-refractivity contribution is 5.69. The van der Waals surface area contributed by atoms with Crippen LogP contribution in [0.5, 0.6) is 0 Å². The fourth-order valence-corrected chi connectivity index (χ4v) is 1.42. The summed E-state index contributed by atoms with van der Waals surface area (Å²) >= 11 is 0. The number of ether oxygens (including phenoxy) is 2. The quantitative estimate of drug-likeness (QED) is 0.685. The average molecular weight is 199 g/mol. The first-order valence-electron chi connectivity index (χ1n) is 4.87. The maximum Gasteiger partial charge on any atom is 0.305 e. The van der Waals surface area contributed by atoms with Gasteiger partial charge in [-0.3, -0.25) is 4.79 Å². The minimum Gasteiger partial charge on any atom is -0.501 e. The van der Waals surface area contributed by atoms with E-state index in [4.69, 9.17) is 10.5 Å². The summed E-state index contributed by atoms with van der Waals surface area (Å²) in [6.07, 6.45) is 4.71. The van der Waals surface area contributed by atoms with Crippen LogP contribution in [0.25, 0.3) is 0 Å². The first-order valence-corrected chi connectivity index (χ1v) is 4.87. The van der Waals surface area contributed by atoms with Gasteiger partial charge in [-0.2, -0.15) is 0 Å². The second-order valence-corrected chi connectivity index (χ2v) is 3.39. The lowest BCUT2D eigenvalue weighted by atomic mass is 9.99. The Bertz CT molecular complexity index is 225. The fraction of sp³-hybridized carbons (Fsp3) is 0.700. The summed E-state index contributed by atoms with van der Waals surface area (Å²) in [6.45, 7) is 0.771. The first-order chi connectivity index (χ1) is 6.74. The van der Waals surface area contributed by atoms with E-state index >= 15 is 0 Å². The van der Waals surface area contributed by atoms with E-state index in [1.807, 2.05) is 0 Å². The Morgan fingerprint density at radius 1 is 1.79 bits per heavy atom. The number of rotatable bonds is 4. The molecular weight excluding hydrogens is 182 g/mol. The Morgan fingerprint density at radius 2 is 2.57 bits per heavy atom. The van der Waals surface area contributed by atoms with Gasteiger partial charge < -0.3 is 15.2 Å². The van der Waals surface area contributed by atoms with E-state index < -0.39 is 0 Å². The molecule has 1 unspecified atom stereocenters. The van der Waals surface area contributed by atoms with Crippen LogP contribution in [-0.2, 0) is 14.3 Å². The van der Waals surface area contributed by atoms with Crippen molar-refractivity contribution in [3.63, 3.8) is 0 Å². The normalized spacial score (nSPS) is 18.0. The van der Waals surface area contributed by atoms with Crippen LogP contribution in [0.1, 0.15) is 25.7 Å². The van der Waals surface area contributed by atoms with Crippen LogP contribution in [0.3, 0.4) is 0 Å². The molecule has 1 rings (SSSR count). The zero-order valence-electron chi connectivity index (χ0n) is 8.49. The van der Waals surface area contributed by atoms with Crippen molar-refractivity contribution in [3.05, 3.63) is 11.8 Å². The maximum absolute atomic E-state index is 10.9. The van der Waals surface area contributed by atoms with Crippen molar-refractivity contribution in [2.45, 2.75) is 31.7 Å². The lowest BCUT2D eigenvalue weighted by Gasteiger charge is -2.19. The summed E-state index contributed by atoms with van der Waals surface area (Å²) in [5.41, 5.74) is 6.99. The minimum absolute atomic E-state index is 0.0746. The molecule has 0 aromatic rings. The molecule has 1 heterocycles. The molecule has 0 spiro atoms. The van der Waals surface area contributed by atoms with Crippen molar-refractivity contribution in [2.75, 3.05) is 13.7 Å². The molecule has 0 aliphatic carbocycles. The molecule has 0 aromatic carbocycles. The summed E-state index contributed by atoms with van der Waals surface area (Å²) in [4.78, 5) is 10.9. The van der Waals surface area contributed by atoms with Crippen LogP contribution < -0.4 is 5.73 Å². The number of hydrogen-bond donors (Lipinski definition) is 1. The summed E-state index contributed by atoms with van der Waals surface area (Å²) in [6, 6.07) is -0.0746. The molecule has 0 aromatic heterocycles. The monoisotopic (exact) mass is 199 g/mol. The predicted molar refractivity (Wildman–Crippen MR) is 52.5 cm³/mol. The summed E-state index contributed by atoms with van der Waals surface area (Å²) in [7, 11) is 1.39. The third-order valence-corrected chi connectivity index (χ3v) is 2.33. The SMILES string of the molecule is COC(=O)CCC(N)C1=COCCC1. The topological polar surface area (TPSA) is 61.5 Å². The molecule has 0 saturated heterocycles. The van der Waals surface area contributed by atoms with Crippen molar-refractivity contribution in [1.82, 2.24) is 0 Å². The summed E-state index contributed by atoms with van der Waals surface area (Å²) < 4.78 is 9.72. The third-order valence-electron chi connectivity index (χ3n) is 2.33.